The second kappa shape index (κ2) is 5.66. The fourth-order valence-corrected chi connectivity index (χ4v) is 2.25. The highest BCUT2D eigenvalue weighted by Gasteiger charge is 2.13. The molecule has 0 radical (unpaired) electrons. The number of benzene rings is 1. The fourth-order valence-electron chi connectivity index (χ4n) is 2.25. The molecule has 0 atom stereocenters. The molecule has 0 saturated carbocycles. The van der Waals surface area contributed by atoms with Crippen molar-refractivity contribution in [2.75, 3.05) is 0 Å². The van der Waals surface area contributed by atoms with E-state index in [1.807, 2.05) is 42.5 Å². The molecule has 0 aliphatic carbocycles. The van der Waals surface area contributed by atoms with Crippen LogP contribution in [0, 0.1) is 0 Å². The SMILES string of the molecule is O=c1[nH]c(Cc2ccncc2)c(O)n1Cc1ccccc1. The number of aromatic hydroxyl groups is 1. The molecule has 0 aliphatic rings. The van der Waals surface area contributed by atoms with E-state index >= 15 is 0 Å². The van der Waals surface area contributed by atoms with Crippen molar-refractivity contribution in [1.82, 2.24) is 14.5 Å². The average molecular weight is 281 g/mol. The van der Waals surface area contributed by atoms with Crippen molar-refractivity contribution in [2.45, 2.75) is 13.0 Å². The molecule has 2 heterocycles. The molecule has 3 aromatic rings. The zero-order valence-electron chi connectivity index (χ0n) is 11.4. The van der Waals surface area contributed by atoms with Gasteiger partial charge in [-0.05, 0) is 23.3 Å². The van der Waals surface area contributed by atoms with Gasteiger partial charge < -0.3 is 10.1 Å². The van der Waals surface area contributed by atoms with Crippen LogP contribution in [0.2, 0.25) is 0 Å². The van der Waals surface area contributed by atoms with Gasteiger partial charge in [0, 0.05) is 18.8 Å². The van der Waals surface area contributed by atoms with Crippen LogP contribution in [0.25, 0.3) is 0 Å². The highest BCUT2D eigenvalue weighted by molar-refractivity contribution is 5.27. The van der Waals surface area contributed by atoms with Crippen LogP contribution in [0.4, 0.5) is 0 Å². The summed E-state index contributed by atoms with van der Waals surface area (Å²) in [6, 6.07) is 13.3. The van der Waals surface area contributed by atoms with Crippen molar-refractivity contribution in [2.24, 2.45) is 0 Å². The van der Waals surface area contributed by atoms with Crippen LogP contribution in [0.1, 0.15) is 16.8 Å². The number of hydrogen-bond acceptors (Lipinski definition) is 3. The molecule has 0 aliphatic heterocycles. The highest BCUT2D eigenvalue weighted by atomic mass is 16.3. The molecule has 2 aromatic heterocycles. The van der Waals surface area contributed by atoms with Crippen molar-refractivity contribution < 1.29 is 5.11 Å². The second-order valence-electron chi connectivity index (χ2n) is 4.84. The Morgan fingerprint density at radius 3 is 2.48 bits per heavy atom. The molecule has 0 bridgehead atoms. The molecule has 2 N–H and O–H groups in total. The fraction of sp³-hybridized carbons (Fsp3) is 0.125. The van der Waals surface area contributed by atoms with E-state index in [0.717, 1.165) is 11.1 Å². The summed E-state index contributed by atoms with van der Waals surface area (Å²) in [5.74, 6) is -0.0133. The first kappa shape index (κ1) is 13.2. The minimum Gasteiger partial charge on any atom is -0.493 e. The van der Waals surface area contributed by atoms with Crippen molar-refractivity contribution in [3.05, 3.63) is 82.2 Å². The number of rotatable bonds is 4. The predicted molar refractivity (Wildman–Crippen MR) is 79.3 cm³/mol. The third-order valence-electron chi connectivity index (χ3n) is 3.34. The van der Waals surface area contributed by atoms with Gasteiger partial charge in [-0.15, -0.1) is 0 Å². The Balaban J connectivity index is 1.88. The molecule has 21 heavy (non-hydrogen) atoms. The first-order valence-corrected chi connectivity index (χ1v) is 6.67. The summed E-state index contributed by atoms with van der Waals surface area (Å²) < 4.78 is 1.34. The van der Waals surface area contributed by atoms with Gasteiger partial charge in [-0.2, -0.15) is 0 Å². The molecule has 0 fully saturated rings. The van der Waals surface area contributed by atoms with Gasteiger partial charge in [-0.3, -0.25) is 9.55 Å². The third-order valence-corrected chi connectivity index (χ3v) is 3.34. The highest BCUT2D eigenvalue weighted by Crippen LogP contribution is 2.17. The van der Waals surface area contributed by atoms with Crippen LogP contribution >= 0.6 is 0 Å². The van der Waals surface area contributed by atoms with Crippen LogP contribution in [-0.4, -0.2) is 19.6 Å². The Morgan fingerprint density at radius 1 is 1.05 bits per heavy atom. The number of pyridine rings is 1. The number of aromatic nitrogens is 3. The predicted octanol–water partition coefficient (Wildman–Crippen LogP) is 1.92. The summed E-state index contributed by atoms with van der Waals surface area (Å²) >= 11 is 0. The molecule has 106 valence electrons. The quantitative estimate of drug-likeness (QED) is 0.767. The molecule has 0 unspecified atom stereocenters. The van der Waals surface area contributed by atoms with Crippen LogP contribution < -0.4 is 5.69 Å². The molecule has 0 saturated heterocycles. The Labute approximate surface area is 121 Å². The van der Waals surface area contributed by atoms with Crippen LogP contribution in [0.15, 0.2) is 59.7 Å². The Bertz CT molecular complexity index is 776. The topological polar surface area (TPSA) is 70.9 Å². The molecule has 0 spiro atoms. The van der Waals surface area contributed by atoms with Crippen molar-refractivity contribution >= 4 is 0 Å². The largest absolute Gasteiger partial charge is 0.493 e. The summed E-state index contributed by atoms with van der Waals surface area (Å²) in [7, 11) is 0. The van der Waals surface area contributed by atoms with Gasteiger partial charge >= 0.3 is 5.69 Å². The lowest BCUT2D eigenvalue weighted by Crippen LogP contribution is -2.17. The van der Waals surface area contributed by atoms with Crippen molar-refractivity contribution in [3.63, 3.8) is 0 Å². The molecule has 1 aromatic carbocycles. The summed E-state index contributed by atoms with van der Waals surface area (Å²) in [6.45, 7) is 0.346. The molecule has 5 nitrogen and oxygen atoms in total. The Kier molecular flexibility index (Phi) is 3.55. The molecule has 0 amide bonds. The van der Waals surface area contributed by atoms with E-state index in [9.17, 15) is 9.90 Å². The molecular formula is C16H15N3O2. The Morgan fingerprint density at radius 2 is 1.76 bits per heavy atom. The zero-order valence-corrected chi connectivity index (χ0v) is 11.4. The molecular weight excluding hydrogens is 266 g/mol. The van der Waals surface area contributed by atoms with Gasteiger partial charge in [0.15, 0.2) is 0 Å². The Hall–Kier alpha value is -2.82. The average Bonchev–Trinajstić information content (AvgIpc) is 2.77. The van der Waals surface area contributed by atoms with E-state index in [0.29, 0.717) is 18.7 Å². The number of imidazole rings is 1. The maximum absolute atomic E-state index is 12.0. The first-order valence-electron chi connectivity index (χ1n) is 6.67. The van der Waals surface area contributed by atoms with Crippen molar-refractivity contribution in [1.29, 1.82) is 0 Å². The van der Waals surface area contributed by atoms with Gasteiger partial charge in [-0.1, -0.05) is 30.3 Å². The number of nitrogens with one attached hydrogen (secondary N) is 1. The standard InChI is InChI=1S/C16H15N3O2/c20-15-14(10-12-6-8-17-9-7-12)18-16(21)19(15)11-13-4-2-1-3-5-13/h1-9,20H,10-11H2,(H,18,21). The summed E-state index contributed by atoms with van der Waals surface area (Å²) in [5.41, 5.74) is 2.15. The molecule has 5 heteroatoms. The minimum atomic E-state index is -0.305. The lowest BCUT2D eigenvalue weighted by molar-refractivity contribution is 0.417. The van der Waals surface area contributed by atoms with Gasteiger partial charge in [0.05, 0.1) is 12.2 Å². The van der Waals surface area contributed by atoms with Gasteiger partial charge in [0.2, 0.25) is 5.88 Å². The number of nitrogens with zero attached hydrogens (tertiary/aromatic N) is 2. The normalized spacial score (nSPS) is 10.7. The maximum Gasteiger partial charge on any atom is 0.328 e. The van der Waals surface area contributed by atoms with E-state index in [4.69, 9.17) is 0 Å². The third kappa shape index (κ3) is 2.86. The van der Waals surface area contributed by atoms with Gasteiger partial charge in [-0.25, -0.2) is 4.79 Å². The summed E-state index contributed by atoms with van der Waals surface area (Å²) in [5, 5.41) is 10.2. The summed E-state index contributed by atoms with van der Waals surface area (Å²) in [4.78, 5) is 18.7. The number of hydrogen-bond donors (Lipinski definition) is 2. The lowest BCUT2D eigenvalue weighted by Gasteiger charge is -2.04. The summed E-state index contributed by atoms with van der Waals surface area (Å²) in [6.07, 6.45) is 3.84. The van der Waals surface area contributed by atoms with E-state index in [2.05, 4.69) is 9.97 Å². The van der Waals surface area contributed by atoms with E-state index in [1.54, 1.807) is 12.4 Å². The van der Waals surface area contributed by atoms with Crippen LogP contribution in [-0.2, 0) is 13.0 Å². The lowest BCUT2D eigenvalue weighted by atomic mass is 10.1. The first-order chi connectivity index (χ1) is 10.2. The van der Waals surface area contributed by atoms with E-state index in [1.165, 1.54) is 4.57 Å². The monoisotopic (exact) mass is 281 g/mol. The van der Waals surface area contributed by atoms with E-state index in [-0.39, 0.29) is 11.6 Å². The second-order valence-corrected chi connectivity index (χ2v) is 4.84. The minimum absolute atomic E-state index is 0.0133. The maximum atomic E-state index is 12.0. The number of aromatic amines is 1. The number of H-pyrrole nitrogens is 1. The van der Waals surface area contributed by atoms with Crippen molar-refractivity contribution in [3.8, 4) is 5.88 Å². The van der Waals surface area contributed by atoms with Gasteiger partial charge in [0.1, 0.15) is 0 Å². The zero-order chi connectivity index (χ0) is 14.7. The smallest absolute Gasteiger partial charge is 0.328 e. The van der Waals surface area contributed by atoms with Crippen LogP contribution in [0.3, 0.4) is 0 Å². The van der Waals surface area contributed by atoms with E-state index < -0.39 is 0 Å². The molecule has 3 rings (SSSR count). The van der Waals surface area contributed by atoms with Crippen LogP contribution in [0.5, 0.6) is 5.88 Å². The van der Waals surface area contributed by atoms with Gasteiger partial charge in [0.25, 0.3) is 0 Å².